The minimum Gasteiger partial charge on any atom is -0.493 e. The second-order valence-corrected chi connectivity index (χ2v) is 4.57. The third kappa shape index (κ3) is 3.33. The van der Waals surface area contributed by atoms with Crippen LogP contribution in [0.5, 0.6) is 11.5 Å². The Morgan fingerprint density at radius 1 is 1.05 bits per heavy atom. The quantitative estimate of drug-likeness (QED) is 0.900. The van der Waals surface area contributed by atoms with E-state index in [0.29, 0.717) is 23.1 Å². The molecular formula is C15H15ClFNO2. The maximum absolute atomic E-state index is 12.8. The van der Waals surface area contributed by atoms with Crippen molar-refractivity contribution >= 4 is 17.3 Å². The van der Waals surface area contributed by atoms with Gasteiger partial charge >= 0.3 is 0 Å². The number of halogens is 2. The van der Waals surface area contributed by atoms with E-state index in [1.165, 1.54) is 12.1 Å². The van der Waals surface area contributed by atoms with Gasteiger partial charge in [-0.05, 0) is 17.7 Å². The van der Waals surface area contributed by atoms with E-state index in [1.54, 1.807) is 38.5 Å². The molecule has 0 unspecified atom stereocenters. The van der Waals surface area contributed by atoms with Crippen molar-refractivity contribution in [2.75, 3.05) is 19.5 Å². The van der Waals surface area contributed by atoms with Gasteiger partial charge in [0.15, 0.2) is 11.5 Å². The second-order valence-electron chi connectivity index (χ2n) is 4.17. The van der Waals surface area contributed by atoms with Crippen LogP contribution in [0.1, 0.15) is 5.56 Å². The smallest absolute Gasteiger partial charge is 0.162 e. The summed E-state index contributed by atoms with van der Waals surface area (Å²) in [5.41, 5.74) is 1.69. The van der Waals surface area contributed by atoms with Crippen molar-refractivity contribution in [3.63, 3.8) is 0 Å². The lowest BCUT2D eigenvalue weighted by atomic mass is 10.2. The molecular weight excluding hydrogens is 281 g/mol. The van der Waals surface area contributed by atoms with E-state index in [2.05, 4.69) is 5.32 Å². The number of anilines is 1. The van der Waals surface area contributed by atoms with E-state index in [1.807, 2.05) is 0 Å². The first-order chi connectivity index (χ1) is 9.63. The topological polar surface area (TPSA) is 30.5 Å². The van der Waals surface area contributed by atoms with E-state index in [0.717, 1.165) is 11.3 Å². The highest BCUT2D eigenvalue weighted by Gasteiger charge is 2.09. The highest BCUT2D eigenvalue weighted by Crippen LogP contribution is 2.36. The Labute approximate surface area is 122 Å². The summed E-state index contributed by atoms with van der Waals surface area (Å²) < 4.78 is 23.2. The minimum absolute atomic E-state index is 0.252. The lowest BCUT2D eigenvalue weighted by Gasteiger charge is -2.13. The molecule has 0 amide bonds. The first kappa shape index (κ1) is 14.5. The van der Waals surface area contributed by atoms with Crippen molar-refractivity contribution < 1.29 is 13.9 Å². The Kier molecular flexibility index (Phi) is 4.69. The van der Waals surface area contributed by atoms with Gasteiger partial charge in [0.2, 0.25) is 0 Å². The van der Waals surface area contributed by atoms with Crippen LogP contribution in [0, 0.1) is 5.82 Å². The summed E-state index contributed by atoms with van der Waals surface area (Å²) in [6.45, 7) is 0.537. The fourth-order valence-corrected chi connectivity index (χ4v) is 2.01. The van der Waals surface area contributed by atoms with Crippen molar-refractivity contribution in [3.8, 4) is 11.5 Å². The van der Waals surface area contributed by atoms with Crippen LogP contribution in [0.25, 0.3) is 0 Å². The first-order valence-electron chi connectivity index (χ1n) is 6.04. The number of hydrogen-bond donors (Lipinski definition) is 1. The molecule has 0 atom stereocenters. The molecule has 0 radical (unpaired) electrons. The highest BCUT2D eigenvalue weighted by molar-refractivity contribution is 6.33. The molecule has 3 nitrogen and oxygen atoms in total. The van der Waals surface area contributed by atoms with Crippen molar-refractivity contribution in [3.05, 3.63) is 52.8 Å². The lowest BCUT2D eigenvalue weighted by Crippen LogP contribution is -2.01. The predicted octanol–water partition coefficient (Wildman–Crippen LogP) is 4.11. The third-order valence-corrected chi connectivity index (χ3v) is 3.18. The molecule has 5 heteroatoms. The molecule has 0 saturated heterocycles. The molecule has 2 rings (SSSR count). The van der Waals surface area contributed by atoms with E-state index in [9.17, 15) is 4.39 Å². The van der Waals surface area contributed by atoms with Gasteiger partial charge in [-0.15, -0.1) is 0 Å². The number of hydrogen-bond acceptors (Lipinski definition) is 3. The number of benzene rings is 2. The average Bonchev–Trinajstić information content (AvgIpc) is 2.47. The Bertz CT molecular complexity index is 587. The van der Waals surface area contributed by atoms with Crippen LogP contribution in [-0.4, -0.2) is 14.2 Å². The van der Waals surface area contributed by atoms with Crippen LogP contribution >= 0.6 is 11.6 Å². The van der Waals surface area contributed by atoms with E-state index in [4.69, 9.17) is 21.1 Å². The Morgan fingerprint density at radius 3 is 2.25 bits per heavy atom. The van der Waals surface area contributed by atoms with Gasteiger partial charge in [-0.1, -0.05) is 23.7 Å². The monoisotopic (exact) mass is 295 g/mol. The highest BCUT2D eigenvalue weighted by atomic mass is 35.5. The summed E-state index contributed by atoms with van der Waals surface area (Å²) in [5, 5.41) is 3.72. The van der Waals surface area contributed by atoms with Crippen molar-refractivity contribution in [2.45, 2.75) is 6.54 Å². The average molecular weight is 296 g/mol. The van der Waals surface area contributed by atoms with E-state index >= 15 is 0 Å². The Balaban J connectivity index is 2.14. The van der Waals surface area contributed by atoms with Crippen LogP contribution in [0.15, 0.2) is 36.4 Å². The molecule has 2 aromatic rings. The SMILES string of the molecule is COc1cc(Cl)c(NCc2ccc(F)cc2)cc1OC. The van der Waals surface area contributed by atoms with Gasteiger partial charge in [0.05, 0.1) is 24.9 Å². The zero-order chi connectivity index (χ0) is 14.5. The second kappa shape index (κ2) is 6.48. The summed E-state index contributed by atoms with van der Waals surface area (Å²) in [6, 6.07) is 9.74. The summed E-state index contributed by atoms with van der Waals surface area (Å²) in [4.78, 5) is 0. The van der Waals surface area contributed by atoms with Gasteiger partial charge in [-0.2, -0.15) is 0 Å². The molecule has 0 spiro atoms. The number of rotatable bonds is 5. The third-order valence-electron chi connectivity index (χ3n) is 2.87. The summed E-state index contributed by atoms with van der Waals surface area (Å²) in [5.74, 6) is 0.918. The molecule has 0 saturated carbocycles. The van der Waals surface area contributed by atoms with Gasteiger partial charge in [0, 0.05) is 18.7 Å². The molecule has 2 aromatic carbocycles. The zero-order valence-corrected chi connectivity index (χ0v) is 12.0. The van der Waals surface area contributed by atoms with Gasteiger partial charge in [0.1, 0.15) is 5.82 Å². The molecule has 0 fully saturated rings. The molecule has 0 aliphatic carbocycles. The van der Waals surface area contributed by atoms with Crippen LogP contribution in [0.2, 0.25) is 5.02 Å². The van der Waals surface area contributed by atoms with Crippen LogP contribution in [-0.2, 0) is 6.54 Å². The number of methoxy groups -OCH3 is 2. The number of ether oxygens (including phenoxy) is 2. The predicted molar refractivity (Wildman–Crippen MR) is 78.3 cm³/mol. The van der Waals surface area contributed by atoms with Crippen molar-refractivity contribution in [1.29, 1.82) is 0 Å². The number of nitrogens with one attached hydrogen (secondary N) is 1. The maximum atomic E-state index is 12.8. The Morgan fingerprint density at radius 2 is 1.65 bits per heavy atom. The maximum Gasteiger partial charge on any atom is 0.162 e. The van der Waals surface area contributed by atoms with Gasteiger partial charge in [-0.3, -0.25) is 0 Å². The summed E-state index contributed by atoms with van der Waals surface area (Å²) in [7, 11) is 3.12. The molecule has 0 heterocycles. The van der Waals surface area contributed by atoms with Crippen LogP contribution < -0.4 is 14.8 Å². The first-order valence-corrected chi connectivity index (χ1v) is 6.41. The van der Waals surface area contributed by atoms with Gasteiger partial charge in [0.25, 0.3) is 0 Å². The molecule has 0 aromatic heterocycles. The normalized spacial score (nSPS) is 10.2. The molecule has 106 valence electrons. The zero-order valence-electron chi connectivity index (χ0n) is 11.2. The molecule has 0 bridgehead atoms. The summed E-state index contributed by atoms with van der Waals surface area (Å²) >= 11 is 6.17. The van der Waals surface area contributed by atoms with Crippen molar-refractivity contribution in [1.82, 2.24) is 0 Å². The largest absolute Gasteiger partial charge is 0.493 e. The molecule has 0 aliphatic rings. The van der Waals surface area contributed by atoms with Crippen molar-refractivity contribution in [2.24, 2.45) is 0 Å². The molecule has 1 N–H and O–H groups in total. The lowest BCUT2D eigenvalue weighted by molar-refractivity contribution is 0.355. The van der Waals surface area contributed by atoms with Crippen LogP contribution in [0.4, 0.5) is 10.1 Å². The molecule has 20 heavy (non-hydrogen) atoms. The molecule has 0 aliphatic heterocycles. The van der Waals surface area contributed by atoms with E-state index < -0.39 is 0 Å². The Hall–Kier alpha value is -1.94. The van der Waals surface area contributed by atoms with Gasteiger partial charge < -0.3 is 14.8 Å². The fraction of sp³-hybridized carbons (Fsp3) is 0.200. The minimum atomic E-state index is -0.252. The van der Waals surface area contributed by atoms with E-state index in [-0.39, 0.29) is 5.82 Å². The standard InChI is InChI=1S/C15H15ClFNO2/c1-19-14-7-12(16)13(8-15(14)20-2)18-9-10-3-5-11(17)6-4-10/h3-8,18H,9H2,1-2H3. The van der Waals surface area contributed by atoms with Gasteiger partial charge in [-0.25, -0.2) is 4.39 Å². The summed E-state index contributed by atoms with van der Waals surface area (Å²) in [6.07, 6.45) is 0. The fourth-order valence-electron chi connectivity index (χ4n) is 1.79. The van der Waals surface area contributed by atoms with Crippen LogP contribution in [0.3, 0.4) is 0 Å².